The van der Waals surface area contributed by atoms with Crippen LogP contribution in [0.15, 0.2) is 24.3 Å². The Hall–Kier alpha value is -3.08. The molecule has 1 aliphatic heterocycles. The van der Waals surface area contributed by atoms with E-state index in [4.69, 9.17) is 10.4 Å². The highest BCUT2D eigenvalue weighted by Crippen LogP contribution is 2.21. The maximum absolute atomic E-state index is 12.5. The second-order valence-corrected chi connectivity index (χ2v) is 5.39. The molecule has 8 nitrogen and oxygen atoms in total. The number of anilines is 1. The molecule has 0 aromatic heterocycles. The lowest BCUT2D eigenvalue weighted by molar-refractivity contribution is -0.136. The minimum absolute atomic E-state index is 0.00140. The maximum Gasteiger partial charge on any atom is 0.315 e. The van der Waals surface area contributed by atoms with E-state index in [1.54, 1.807) is 29.2 Å². The summed E-state index contributed by atoms with van der Waals surface area (Å²) in [6.45, 7) is 0.547. The first-order chi connectivity index (χ1) is 11.5. The molecule has 1 saturated heterocycles. The number of carboxylic acids is 1. The van der Waals surface area contributed by atoms with Gasteiger partial charge in [0.1, 0.15) is 6.04 Å². The minimum Gasteiger partial charge on any atom is -0.481 e. The van der Waals surface area contributed by atoms with Gasteiger partial charge in [-0.1, -0.05) is 0 Å². The van der Waals surface area contributed by atoms with Crippen molar-refractivity contribution in [3.63, 3.8) is 0 Å². The Kier molecular flexibility index (Phi) is 5.73. The van der Waals surface area contributed by atoms with Crippen molar-refractivity contribution in [1.82, 2.24) is 10.6 Å². The topological polar surface area (TPSA) is 123 Å². The third-order valence-corrected chi connectivity index (χ3v) is 3.68. The fourth-order valence-corrected chi connectivity index (χ4v) is 2.47. The van der Waals surface area contributed by atoms with E-state index in [1.807, 2.05) is 6.07 Å². The second-order valence-electron chi connectivity index (χ2n) is 5.39. The molecule has 0 saturated carbocycles. The summed E-state index contributed by atoms with van der Waals surface area (Å²) in [6, 6.07) is 7.48. The number of carbonyl (C=O) groups is 3. The van der Waals surface area contributed by atoms with Gasteiger partial charge < -0.3 is 20.6 Å². The van der Waals surface area contributed by atoms with Gasteiger partial charge in [0, 0.05) is 18.8 Å². The molecule has 1 aromatic rings. The highest BCUT2D eigenvalue weighted by Gasteiger charge is 2.30. The molecule has 1 atom stereocenters. The minimum atomic E-state index is -1.00. The van der Waals surface area contributed by atoms with Crippen LogP contribution in [0.1, 0.15) is 24.8 Å². The quantitative estimate of drug-likeness (QED) is 0.738. The first-order valence-electron chi connectivity index (χ1n) is 7.59. The molecule has 1 aromatic carbocycles. The Bertz CT molecular complexity index is 666. The van der Waals surface area contributed by atoms with Gasteiger partial charge in [0.25, 0.3) is 0 Å². The number of nitrogens with one attached hydrogen (secondary N) is 2. The van der Waals surface area contributed by atoms with Crippen molar-refractivity contribution in [2.24, 2.45) is 0 Å². The van der Waals surface area contributed by atoms with Crippen molar-refractivity contribution in [2.75, 3.05) is 18.0 Å². The highest BCUT2D eigenvalue weighted by atomic mass is 16.4. The van der Waals surface area contributed by atoms with Crippen LogP contribution in [0.5, 0.6) is 0 Å². The first kappa shape index (κ1) is 17.3. The third kappa shape index (κ3) is 4.46. The third-order valence-electron chi connectivity index (χ3n) is 3.68. The number of piperidine rings is 1. The molecule has 1 fully saturated rings. The number of carbonyl (C=O) groups excluding carboxylic acids is 2. The standard InChI is InChI=1S/C16H18N4O4/c17-10-11-3-5-12(6-4-11)20-9-1-2-13(15(20)23)19-16(24)18-8-7-14(21)22/h3-6,13H,1-2,7-9H2,(H,21,22)(H2,18,19,24). The number of benzene rings is 1. The van der Waals surface area contributed by atoms with Crippen molar-refractivity contribution < 1.29 is 19.5 Å². The number of urea groups is 1. The number of carboxylic acid groups (broad SMARTS) is 1. The number of hydrogen-bond acceptors (Lipinski definition) is 4. The molecule has 3 N–H and O–H groups in total. The maximum atomic E-state index is 12.5. The van der Waals surface area contributed by atoms with Gasteiger partial charge in [-0.2, -0.15) is 5.26 Å². The molecular formula is C16H18N4O4. The molecule has 2 rings (SSSR count). The van der Waals surface area contributed by atoms with E-state index in [2.05, 4.69) is 10.6 Å². The molecule has 1 heterocycles. The first-order valence-corrected chi connectivity index (χ1v) is 7.59. The number of aliphatic carboxylic acids is 1. The number of amides is 3. The molecule has 0 spiro atoms. The zero-order chi connectivity index (χ0) is 17.5. The van der Waals surface area contributed by atoms with Crippen LogP contribution in [0, 0.1) is 11.3 Å². The highest BCUT2D eigenvalue weighted by molar-refractivity contribution is 5.99. The lowest BCUT2D eigenvalue weighted by Crippen LogP contribution is -2.54. The Balaban J connectivity index is 1.95. The molecule has 24 heavy (non-hydrogen) atoms. The van der Waals surface area contributed by atoms with Crippen LogP contribution in [0.2, 0.25) is 0 Å². The zero-order valence-electron chi connectivity index (χ0n) is 13.0. The lowest BCUT2D eigenvalue weighted by atomic mass is 10.0. The fourth-order valence-electron chi connectivity index (χ4n) is 2.47. The largest absolute Gasteiger partial charge is 0.481 e. The molecular weight excluding hydrogens is 312 g/mol. The Morgan fingerprint density at radius 2 is 2.04 bits per heavy atom. The summed E-state index contributed by atoms with van der Waals surface area (Å²) < 4.78 is 0. The van der Waals surface area contributed by atoms with Crippen LogP contribution in [-0.2, 0) is 9.59 Å². The van der Waals surface area contributed by atoms with Gasteiger partial charge in [0.15, 0.2) is 0 Å². The van der Waals surface area contributed by atoms with E-state index in [-0.39, 0.29) is 18.9 Å². The number of hydrogen-bond donors (Lipinski definition) is 3. The van der Waals surface area contributed by atoms with Crippen LogP contribution in [0.25, 0.3) is 0 Å². The van der Waals surface area contributed by atoms with Crippen molar-refractivity contribution in [2.45, 2.75) is 25.3 Å². The van der Waals surface area contributed by atoms with Crippen molar-refractivity contribution in [1.29, 1.82) is 5.26 Å². The van der Waals surface area contributed by atoms with Crippen LogP contribution in [0.4, 0.5) is 10.5 Å². The number of rotatable bonds is 5. The Labute approximate surface area is 139 Å². The number of nitriles is 1. The van der Waals surface area contributed by atoms with Gasteiger partial charge in [-0.25, -0.2) is 4.79 Å². The summed E-state index contributed by atoms with van der Waals surface area (Å²) >= 11 is 0. The summed E-state index contributed by atoms with van der Waals surface area (Å²) in [6.07, 6.45) is 1.08. The number of nitrogens with zero attached hydrogens (tertiary/aromatic N) is 2. The average Bonchev–Trinajstić information content (AvgIpc) is 2.56. The van der Waals surface area contributed by atoms with E-state index >= 15 is 0 Å². The van der Waals surface area contributed by atoms with E-state index in [0.29, 0.717) is 24.2 Å². The fraction of sp³-hybridized carbons (Fsp3) is 0.375. The summed E-state index contributed by atoms with van der Waals surface area (Å²) in [5, 5.41) is 22.3. The molecule has 0 bridgehead atoms. The summed E-state index contributed by atoms with van der Waals surface area (Å²) in [4.78, 5) is 36.3. The molecule has 1 aliphatic rings. The molecule has 3 amide bonds. The predicted octanol–water partition coefficient (Wildman–Crippen LogP) is 0.828. The monoisotopic (exact) mass is 330 g/mol. The SMILES string of the molecule is N#Cc1ccc(N2CCCC(NC(=O)NCCC(=O)O)C2=O)cc1. The van der Waals surface area contributed by atoms with Gasteiger partial charge in [-0.05, 0) is 37.1 Å². The smallest absolute Gasteiger partial charge is 0.315 e. The molecule has 0 aliphatic carbocycles. The molecule has 0 radical (unpaired) electrons. The van der Waals surface area contributed by atoms with Crippen molar-refractivity contribution in [3.8, 4) is 6.07 Å². The molecule has 1 unspecified atom stereocenters. The van der Waals surface area contributed by atoms with Crippen LogP contribution >= 0.6 is 0 Å². The second kappa shape index (κ2) is 7.97. The predicted molar refractivity (Wildman–Crippen MR) is 85.3 cm³/mol. The van der Waals surface area contributed by atoms with Gasteiger partial charge in [-0.3, -0.25) is 9.59 Å². The van der Waals surface area contributed by atoms with E-state index in [1.165, 1.54) is 0 Å². The molecule has 8 heteroatoms. The van der Waals surface area contributed by atoms with Crippen molar-refractivity contribution in [3.05, 3.63) is 29.8 Å². The molecule has 126 valence electrons. The van der Waals surface area contributed by atoms with Gasteiger partial charge in [0.2, 0.25) is 5.91 Å². The lowest BCUT2D eigenvalue weighted by Gasteiger charge is -2.32. The Morgan fingerprint density at radius 1 is 1.33 bits per heavy atom. The van der Waals surface area contributed by atoms with Gasteiger partial charge in [-0.15, -0.1) is 0 Å². The van der Waals surface area contributed by atoms with E-state index in [0.717, 1.165) is 6.42 Å². The van der Waals surface area contributed by atoms with Gasteiger partial charge in [0.05, 0.1) is 18.1 Å². The Morgan fingerprint density at radius 3 is 2.67 bits per heavy atom. The van der Waals surface area contributed by atoms with E-state index in [9.17, 15) is 14.4 Å². The summed E-state index contributed by atoms with van der Waals surface area (Å²) in [7, 11) is 0. The average molecular weight is 330 g/mol. The summed E-state index contributed by atoms with van der Waals surface area (Å²) in [5.74, 6) is -1.23. The van der Waals surface area contributed by atoms with Crippen LogP contribution in [-0.4, -0.2) is 42.1 Å². The van der Waals surface area contributed by atoms with Crippen LogP contribution in [0.3, 0.4) is 0 Å². The van der Waals surface area contributed by atoms with E-state index < -0.39 is 18.0 Å². The van der Waals surface area contributed by atoms with Gasteiger partial charge >= 0.3 is 12.0 Å². The zero-order valence-corrected chi connectivity index (χ0v) is 13.0. The normalized spacial score (nSPS) is 17.0. The summed E-state index contributed by atoms with van der Waals surface area (Å²) in [5.41, 5.74) is 1.19. The van der Waals surface area contributed by atoms with Crippen LogP contribution < -0.4 is 15.5 Å². The van der Waals surface area contributed by atoms with Crippen molar-refractivity contribution >= 4 is 23.6 Å².